The van der Waals surface area contributed by atoms with Gasteiger partial charge in [-0.15, -0.1) is 0 Å². The number of hydrogen-bond acceptors (Lipinski definition) is 6. The molecule has 0 atom stereocenters. The lowest BCUT2D eigenvalue weighted by Crippen LogP contribution is -2.36. The molecule has 0 amide bonds. The molecule has 0 aliphatic carbocycles. The maximum Gasteiger partial charge on any atom is 0.417 e. The van der Waals surface area contributed by atoms with Crippen molar-refractivity contribution in [1.82, 2.24) is 9.97 Å². The van der Waals surface area contributed by atoms with Gasteiger partial charge in [-0.25, -0.2) is 9.97 Å². The maximum atomic E-state index is 12.9. The summed E-state index contributed by atoms with van der Waals surface area (Å²) in [4.78, 5) is 22.1. The first-order chi connectivity index (χ1) is 20.5. The fraction of sp³-hybridized carbons (Fsp3) is 0.281. The van der Waals surface area contributed by atoms with Crippen molar-refractivity contribution < 1.29 is 32.5 Å². The smallest absolute Gasteiger partial charge is 0.417 e. The number of rotatable bonds is 8. The topological polar surface area (TPSA) is 84.8 Å². The van der Waals surface area contributed by atoms with Gasteiger partial charge in [-0.3, -0.25) is 4.79 Å². The van der Waals surface area contributed by atoms with E-state index in [0.29, 0.717) is 43.6 Å². The Kier molecular flexibility index (Phi) is 8.77. The van der Waals surface area contributed by atoms with Crippen LogP contribution in [-0.4, -0.2) is 34.1 Å². The third-order valence-corrected chi connectivity index (χ3v) is 7.63. The van der Waals surface area contributed by atoms with Crippen molar-refractivity contribution in [2.45, 2.75) is 39.5 Å². The summed E-state index contributed by atoms with van der Waals surface area (Å²) in [6, 6.07) is 17.7. The Labute approximate surface area is 251 Å². The van der Waals surface area contributed by atoms with Crippen LogP contribution in [0.1, 0.15) is 35.1 Å². The van der Waals surface area contributed by atoms with Crippen LogP contribution in [0.3, 0.4) is 0 Å². The first kappa shape index (κ1) is 30.2. The van der Waals surface area contributed by atoms with Gasteiger partial charge >= 0.3 is 12.1 Å². The van der Waals surface area contributed by atoms with E-state index in [4.69, 9.17) is 26.1 Å². The van der Waals surface area contributed by atoms with Crippen molar-refractivity contribution in [2.75, 3.05) is 18.0 Å². The van der Waals surface area contributed by atoms with E-state index in [-0.39, 0.29) is 23.4 Å². The molecule has 2 aromatic heterocycles. The van der Waals surface area contributed by atoms with E-state index in [1.54, 1.807) is 12.1 Å². The normalized spacial score (nSPS) is 14.0. The van der Waals surface area contributed by atoms with Crippen molar-refractivity contribution in [3.63, 3.8) is 0 Å². The summed E-state index contributed by atoms with van der Waals surface area (Å²) in [6.45, 7) is 5.38. The second-order valence-electron chi connectivity index (χ2n) is 10.5. The van der Waals surface area contributed by atoms with E-state index < -0.39 is 17.7 Å². The number of pyridine rings is 2. The van der Waals surface area contributed by atoms with Gasteiger partial charge in [0.25, 0.3) is 0 Å². The van der Waals surface area contributed by atoms with Gasteiger partial charge in [-0.2, -0.15) is 13.2 Å². The average Bonchev–Trinajstić information content (AvgIpc) is 2.98. The van der Waals surface area contributed by atoms with Crippen LogP contribution < -0.4 is 14.4 Å². The Morgan fingerprint density at radius 3 is 2.51 bits per heavy atom. The van der Waals surface area contributed by atoms with Crippen LogP contribution in [0.25, 0.3) is 11.3 Å². The fourth-order valence-corrected chi connectivity index (χ4v) is 5.10. The SMILES string of the molecule is Cc1ccc(OCc2ccc(Oc3ncc(C(F)(F)F)cc3Cl)cc2C)c(-c2cccc(N3CCC(C(=O)O)CC3)n2)c1. The Bertz CT molecular complexity index is 1640. The predicted molar refractivity (Wildman–Crippen MR) is 157 cm³/mol. The number of aliphatic carboxylic acids is 1. The first-order valence-electron chi connectivity index (χ1n) is 13.7. The molecule has 224 valence electrons. The van der Waals surface area contributed by atoms with E-state index in [1.807, 2.05) is 56.3 Å². The number of aryl methyl sites for hydroxylation is 2. The van der Waals surface area contributed by atoms with Gasteiger partial charge < -0.3 is 19.5 Å². The van der Waals surface area contributed by atoms with Crippen molar-refractivity contribution in [3.05, 3.63) is 94.1 Å². The number of piperidine rings is 1. The molecule has 4 aromatic rings. The minimum atomic E-state index is -4.55. The zero-order valence-electron chi connectivity index (χ0n) is 23.5. The van der Waals surface area contributed by atoms with E-state index in [9.17, 15) is 23.1 Å². The molecule has 0 radical (unpaired) electrons. The second-order valence-corrected chi connectivity index (χ2v) is 10.9. The lowest BCUT2D eigenvalue weighted by Gasteiger charge is -2.31. The summed E-state index contributed by atoms with van der Waals surface area (Å²) in [5.74, 6) is 0.631. The number of nitrogens with zero attached hydrogens (tertiary/aromatic N) is 3. The van der Waals surface area contributed by atoms with Gasteiger partial charge in [-0.05, 0) is 80.3 Å². The Hall–Kier alpha value is -4.31. The standard InChI is InChI=1S/C32H29ClF3N3O4/c1-19-6-9-28(25(14-19)27-4-3-5-29(38-27)39-12-10-21(11-13-39)31(40)41)42-18-22-7-8-24(15-20(22)2)43-30-26(33)16-23(17-37-30)32(34,35)36/h3-9,14-17,21H,10-13,18H2,1-2H3,(H,40,41). The number of aromatic nitrogens is 2. The van der Waals surface area contributed by atoms with Crippen LogP contribution >= 0.6 is 11.6 Å². The number of carboxylic acids is 1. The van der Waals surface area contributed by atoms with Crippen LogP contribution in [0.4, 0.5) is 19.0 Å². The molecular weight excluding hydrogens is 583 g/mol. The number of ether oxygens (including phenoxy) is 2. The molecule has 0 bridgehead atoms. The lowest BCUT2D eigenvalue weighted by molar-refractivity contribution is -0.142. The van der Waals surface area contributed by atoms with Gasteiger partial charge in [0.1, 0.15) is 28.9 Å². The highest BCUT2D eigenvalue weighted by Gasteiger charge is 2.32. The molecule has 0 spiro atoms. The van der Waals surface area contributed by atoms with E-state index in [1.165, 1.54) is 0 Å². The van der Waals surface area contributed by atoms with Crippen LogP contribution in [0, 0.1) is 19.8 Å². The summed E-state index contributed by atoms with van der Waals surface area (Å²) < 4.78 is 50.7. The summed E-state index contributed by atoms with van der Waals surface area (Å²) in [7, 11) is 0. The molecule has 3 heterocycles. The molecule has 43 heavy (non-hydrogen) atoms. The molecular formula is C32H29ClF3N3O4. The molecule has 1 aliphatic rings. The quantitative estimate of drug-likeness (QED) is 0.215. The highest BCUT2D eigenvalue weighted by atomic mass is 35.5. The highest BCUT2D eigenvalue weighted by Crippen LogP contribution is 2.36. The molecule has 11 heteroatoms. The molecule has 7 nitrogen and oxygen atoms in total. The third kappa shape index (κ3) is 7.19. The van der Waals surface area contributed by atoms with Crippen LogP contribution in [0.5, 0.6) is 17.4 Å². The van der Waals surface area contributed by atoms with Gasteiger partial charge in [0.2, 0.25) is 5.88 Å². The first-order valence-corrected chi connectivity index (χ1v) is 14.0. The predicted octanol–water partition coefficient (Wildman–Crippen LogP) is 8.10. The molecule has 5 rings (SSSR count). The third-order valence-electron chi connectivity index (χ3n) is 7.36. The van der Waals surface area contributed by atoms with Crippen LogP contribution in [0.15, 0.2) is 66.9 Å². The lowest BCUT2D eigenvalue weighted by atomic mass is 9.97. The van der Waals surface area contributed by atoms with Gasteiger partial charge in [-0.1, -0.05) is 35.4 Å². The average molecular weight is 612 g/mol. The van der Waals surface area contributed by atoms with Gasteiger partial charge in [0.05, 0.1) is 17.2 Å². The van der Waals surface area contributed by atoms with E-state index in [2.05, 4.69) is 9.88 Å². The Morgan fingerprint density at radius 1 is 1.07 bits per heavy atom. The highest BCUT2D eigenvalue weighted by molar-refractivity contribution is 6.31. The molecule has 0 saturated carbocycles. The largest absolute Gasteiger partial charge is 0.488 e. The zero-order valence-corrected chi connectivity index (χ0v) is 24.2. The molecule has 2 aromatic carbocycles. The number of hydrogen-bond donors (Lipinski definition) is 1. The maximum absolute atomic E-state index is 12.9. The van der Waals surface area contributed by atoms with Crippen molar-refractivity contribution in [1.29, 1.82) is 0 Å². The number of benzene rings is 2. The summed E-state index contributed by atoms with van der Waals surface area (Å²) in [5, 5.41) is 9.07. The van der Waals surface area contributed by atoms with E-state index >= 15 is 0 Å². The van der Waals surface area contributed by atoms with Crippen molar-refractivity contribution in [2.24, 2.45) is 5.92 Å². The second kappa shape index (κ2) is 12.5. The van der Waals surface area contributed by atoms with Crippen molar-refractivity contribution in [3.8, 4) is 28.6 Å². The molecule has 1 saturated heterocycles. The summed E-state index contributed by atoms with van der Waals surface area (Å²) >= 11 is 5.98. The van der Waals surface area contributed by atoms with Crippen molar-refractivity contribution >= 4 is 23.4 Å². The van der Waals surface area contributed by atoms with Gasteiger partial charge in [0, 0.05) is 24.8 Å². The minimum absolute atomic E-state index is 0.122. The number of halogens is 4. The van der Waals surface area contributed by atoms with Crippen LogP contribution in [-0.2, 0) is 17.6 Å². The fourth-order valence-electron chi connectivity index (χ4n) is 4.89. The molecule has 1 N–H and O–H groups in total. The Balaban J connectivity index is 1.29. The summed E-state index contributed by atoms with van der Waals surface area (Å²) in [6.07, 6.45) is -2.71. The minimum Gasteiger partial charge on any atom is -0.488 e. The van der Waals surface area contributed by atoms with E-state index in [0.717, 1.165) is 39.8 Å². The number of carboxylic acid groups (broad SMARTS) is 1. The molecule has 1 fully saturated rings. The number of carbonyl (C=O) groups is 1. The zero-order chi connectivity index (χ0) is 30.7. The monoisotopic (exact) mass is 611 g/mol. The Morgan fingerprint density at radius 2 is 1.84 bits per heavy atom. The molecule has 0 unspecified atom stereocenters. The molecule has 1 aliphatic heterocycles. The number of alkyl halides is 3. The van der Waals surface area contributed by atoms with Crippen LogP contribution in [0.2, 0.25) is 5.02 Å². The summed E-state index contributed by atoms with van der Waals surface area (Å²) in [5.41, 5.74) is 3.41. The van der Waals surface area contributed by atoms with Gasteiger partial charge in [0.15, 0.2) is 0 Å². The number of anilines is 1.